The number of rotatable bonds is 5. The van der Waals surface area contributed by atoms with Gasteiger partial charge in [0.2, 0.25) is 0 Å². The van der Waals surface area contributed by atoms with Gasteiger partial charge in [-0.25, -0.2) is 4.79 Å². The molecule has 0 saturated carbocycles. The van der Waals surface area contributed by atoms with Crippen molar-refractivity contribution < 1.29 is 19.1 Å². The van der Waals surface area contributed by atoms with Gasteiger partial charge in [-0.1, -0.05) is 36.4 Å². The molecule has 1 aromatic carbocycles. The van der Waals surface area contributed by atoms with Crippen LogP contribution in [0.5, 0.6) is 0 Å². The molecule has 6 nitrogen and oxygen atoms in total. The zero-order chi connectivity index (χ0) is 19.1. The second kappa shape index (κ2) is 9.14. The summed E-state index contributed by atoms with van der Waals surface area (Å²) in [5.74, 6) is -0.812. The highest BCUT2D eigenvalue weighted by Gasteiger charge is 2.25. The molecule has 2 amide bonds. The van der Waals surface area contributed by atoms with Crippen LogP contribution in [0.1, 0.15) is 15.2 Å². The number of benzene rings is 1. The minimum absolute atomic E-state index is 0.00502. The first-order valence-corrected chi connectivity index (χ1v) is 9.52. The fourth-order valence-corrected chi connectivity index (χ4v) is 3.41. The lowest BCUT2D eigenvalue weighted by atomic mass is 10.2. The molecule has 27 heavy (non-hydrogen) atoms. The maximum Gasteiger partial charge on any atom is 0.331 e. The lowest BCUT2D eigenvalue weighted by molar-refractivity contribution is -0.148. The summed E-state index contributed by atoms with van der Waals surface area (Å²) in [5.41, 5.74) is 0.882. The average molecular weight is 384 g/mol. The summed E-state index contributed by atoms with van der Waals surface area (Å²) in [7, 11) is 0. The van der Waals surface area contributed by atoms with Crippen molar-refractivity contribution in [3.05, 3.63) is 64.4 Å². The number of nitrogens with zero attached hydrogens (tertiary/aromatic N) is 2. The Morgan fingerprint density at radius 3 is 2.33 bits per heavy atom. The Bertz CT molecular complexity index is 810. The number of carbonyl (C=O) groups excluding carboxylic acids is 3. The van der Waals surface area contributed by atoms with E-state index >= 15 is 0 Å². The van der Waals surface area contributed by atoms with E-state index in [1.54, 1.807) is 21.9 Å². The molecule has 1 fully saturated rings. The van der Waals surface area contributed by atoms with Crippen molar-refractivity contribution in [3.8, 4) is 0 Å². The molecule has 0 aliphatic carbocycles. The molecular weight excluding hydrogens is 364 g/mol. The number of piperazine rings is 1. The lowest BCUT2D eigenvalue weighted by Gasteiger charge is -2.34. The van der Waals surface area contributed by atoms with Gasteiger partial charge in [-0.2, -0.15) is 0 Å². The Labute approximate surface area is 161 Å². The van der Waals surface area contributed by atoms with Crippen molar-refractivity contribution in [1.29, 1.82) is 0 Å². The summed E-state index contributed by atoms with van der Waals surface area (Å²) in [4.78, 5) is 40.3. The minimum Gasteiger partial charge on any atom is -0.452 e. The summed E-state index contributed by atoms with van der Waals surface area (Å²) < 4.78 is 5.02. The topological polar surface area (TPSA) is 66.9 Å². The molecule has 0 spiro atoms. The van der Waals surface area contributed by atoms with Gasteiger partial charge < -0.3 is 14.5 Å². The zero-order valence-corrected chi connectivity index (χ0v) is 15.6. The highest BCUT2D eigenvalue weighted by Crippen LogP contribution is 2.14. The Morgan fingerprint density at radius 2 is 1.67 bits per heavy atom. The Morgan fingerprint density at radius 1 is 0.963 bits per heavy atom. The second-order valence-corrected chi connectivity index (χ2v) is 6.95. The van der Waals surface area contributed by atoms with E-state index in [-0.39, 0.29) is 18.4 Å². The van der Waals surface area contributed by atoms with Crippen molar-refractivity contribution in [2.45, 2.75) is 0 Å². The Balaban J connectivity index is 1.41. The van der Waals surface area contributed by atoms with Gasteiger partial charge in [-0.15, -0.1) is 11.3 Å². The normalized spacial score (nSPS) is 14.4. The van der Waals surface area contributed by atoms with E-state index in [1.165, 1.54) is 17.4 Å². The molecule has 3 rings (SSSR count). The predicted molar refractivity (Wildman–Crippen MR) is 103 cm³/mol. The largest absolute Gasteiger partial charge is 0.452 e. The SMILES string of the molecule is O=C(/C=C/c1ccccc1)OCC(=O)N1CCN(C(=O)c2cccs2)CC1. The first-order valence-electron chi connectivity index (χ1n) is 8.64. The number of esters is 1. The van der Waals surface area contributed by atoms with E-state index in [4.69, 9.17) is 4.74 Å². The minimum atomic E-state index is -0.557. The highest BCUT2D eigenvalue weighted by molar-refractivity contribution is 7.12. The molecule has 2 heterocycles. The van der Waals surface area contributed by atoms with Crippen LogP contribution in [0.4, 0.5) is 0 Å². The van der Waals surface area contributed by atoms with Gasteiger partial charge in [-0.05, 0) is 23.1 Å². The fourth-order valence-electron chi connectivity index (χ4n) is 2.72. The van der Waals surface area contributed by atoms with E-state index in [9.17, 15) is 14.4 Å². The van der Waals surface area contributed by atoms with E-state index in [2.05, 4.69) is 0 Å². The smallest absolute Gasteiger partial charge is 0.331 e. The van der Waals surface area contributed by atoms with Crippen LogP contribution < -0.4 is 0 Å². The fraction of sp³-hybridized carbons (Fsp3) is 0.250. The molecule has 1 aliphatic rings. The standard InChI is InChI=1S/C20H20N2O4S/c23-18(15-26-19(24)9-8-16-5-2-1-3-6-16)21-10-12-22(13-11-21)20(25)17-7-4-14-27-17/h1-9,14H,10-13,15H2/b9-8+. The molecule has 1 aromatic heterocycles. The van der Waals surface area contributed by atoms with Gasteiger partial charge >= 0.3 is 5.97 Å². The van der Waals surface area contributed by atoms with E-state index in [0.29, 0.717) is 31.1 Å². The second-order valence-electron chi connectivity index (χ2n) is 6.00. The molecule has 1 saturated heterocycles. The molecule has 0 radical (unpaired) electrons. The maximum atomic E-state index is 12.3. The summed E-state index contributed by atoms with van der Waals surface area (Å²) in [6.45, 7) is 1.53. The van der Waals surface area contributed by atoms with Crippen molar-refractivity contribution in [2.24, 2.45) is 0 Å². The summed E-state index contributed by atoms with van der Waals surface area (Å²) >= 11 is 1.41. The van der Waals surface area contributed by atoms with Gasteiger partial charge in [0, 0.05) is 32.3 Å². The number of ether oxygens (including phenoxy) is 1. The third-order valence-electron chi connectivity index (χ3n) is 4.20. The quantitative estimate of drug-likeness (QED) is 0.586. The third-order valence-corrected chi connectivity index (χ3v) is 5.06. The van der Waals surface area contributed by atoms with E-state index < -0.39 is 5.97 Å². The molecule has 7 heteroatoms. The zero-order valence-electron chi connectivity index (χ0n) is 14.7. The van der Waals surface area contributed by atoms with Gasteiger partial charge in [0.05, 0.1) is 4.88 Å². The molecule has 0 atom stereocenters. The van der Waals surface area contributed by atoms with Crippen LogP contribution in [0.2, 0.25) is 0 Å². The number of amides is 2. The average Bonchev–Trinajstić information content (AvgIpc) is 3.25. The van der Waals surface area contributed by atoms with Crippen molar-refractivity contribution in [3.63, 3.8) is 0 Å². The van der Waals surface area contributed by atoms with Crippen LogP contribution >= 0.6 is 11.3 Å². The van der Waals surface area contributed by atoms with Gasteiger partial charge in [0.25, 0.3) is 11.8 Å². The summed E-state index contributed by atoms with van der Waals surface area (Å²) in [6, 6.07) is 13.0. The third kappa shape index (κ3) is 5.27. The number of hydrogen-bond acceptors (Lipinski definition) is 5. The molecule has 1 aliphatic heterocycles. The summed E-state index contributed by atoms with van der Waals surface area (Å²) in [6.07, 6.45) is 2.95. The van der Waals surface area contributed by atoms with Crippen molar-refractivity contribution in [1.82, 2.24) is 9.80 Å². The molecule has 0 unspecified atom stereocenters. The van der Waals surface area contributed by atoms with Crippen molar-refractivity contribution >= 4 is 35.2 Å². The van der Waals surface area contributed by atoms with Gasteiger partial charge in [0.1, 0.15) is 0 Å². The van der Waals surface area contributed by atoms with E-state index in [1.807, 2.05) is 41.8 Å². The molecule has 0 N–H and O–H groups in total. The first kappa shape index (κ1) is 18.8. The highest BCUT2D eigenvalue weighted by atomic mass is 32.1. The van der Waals surface area contributed by atoms with E-state index in [0.717, 1.165) is 5.56 Å². The first-order chi connectivity index (χ1) is 13.1. The lowest BCUT2D eigenvalue weighted by Crippen LogP contribution is -2.51. The van der Waals surface area contributed by atoms with Gasteiger partial charge in [0.15, 0.2) is 6.61 Å². The van der Waals surface area contributed by atoms with Crippen LogP contribution in [-0.4, -0.2) is 60.4 Å². The van der Waals surface area contributed by atoms with Crippen LogP contribution in [0, 0.1) is 0 Å². The maximum absolute atomic E-state index is 12.3. The predicted octanol–water partition coefficient (Wildman–Crippen LogP) is 2.29. The van der Waals surface area contributed by atoms with Gasteiger partial charge in [-0.3, -0.25) is 9.59 Å². The number of hydrogen-bond donors (Lipinski definition) is 0. The number of carbonyl (C=O) groups is 3. The molecule has 2 aromatic rings. The number of thiophene rings is 1. The van der Waals surface area contributed by atoms with Crippen LogP contribution in [0.15, 0.2) is 53.9 Å². The summed E-state index contributed by atoms with van der Waals surface area (Å²) in [5, 5.41) is 1.87. The Hall–Kier alpha value is -2.93. The molecule has 140 valence electrons. The monoisotopic (exact) mass is 384 g/mol. The van der Waals surface area contributed by atoms with Crippen LogP contribution in [-0.2, 0) is 14.3 Å². The van der Waals surface area contributed by atoms with Crippen molar-refractivity contribution in [2.75, 3.05) is 32.8 Å². The van der Waals surface area contributed by atoms with Crippen LogP contribution in [0.25, 0.3) is 6.08 Å². The Kier molecular flexibility index (Phi) is 6.38. The van der Waals surface area contributed by atoms with Crippen LogP contribution in [0.3, 0.4) is 0 Å². The molecular formula is C20H20N2O4S. The molecule has 0 bridgehead atoms.